The van der Waals surface area contributed by atoms with Gasteiger partial charge < -0.3 is 15.6 Å². The molecule has 8 heteroatoms. The summed E-state index contributed by atoms with van der Waals surface area (Å²) in [5.74, 6) is -1.04. The van der Waals surface area contributed by atoms with Crippen molar-refractivity contribution in [1.29, 1.82) is 0 Å². The zero-order valence-corrected chi connectivity index (χ0v) is 13.3. The Kier molecular flexibility index (Phi) is 5.94. The second kappa shape index (κ2) is 7.48. The van der Waals surface area contributed by atoms with Crippen molar-refractivity contribution in [2.45, 2.75) is 32.8 Å². The van der Waals surface area contributed by atoms with Crippen molar-refractivity contribution in [3.8, 4) is 0 Å². The lowest BCUT2D eigenvalue weighted by Crippen LogP contribution is -2.37. The number of urea groups is 1. The third-order valence-corrected chi connectivity index (χ3v) is 2.62. The predicted octanol–water partition coefficient (Wildman–Crippen LogP) is 2.39. The van der Waals surface area contributed by atoms with E-state index in [0.29, 0.717) is 11.4 Å². The number of hydrogen-bond acceptors (Lipinski definition) is 4. The van der Waals surface area contributed by atoms with Crippen LogP contribution >= 0.6 is 0 Å². The Bertz CT molecular complexity index is 595. The highest BCUT2D eigenvalue weighted by atomic mass is 16.6. The fourth-order valence-corrected chi connectivity index (χ4v) is 1.75. The van der Waals surface area contributed by atoms with Gasteiger partial charge in [0.15, 0.2) is 0 Å². The van der Waals surface area contributed by atoms with Gasteiger partial charge in [0.2, 0.25) is 0 Å². The van der Waals surface area contributed by atoms with Gasteiger partial charge in [0, 0.05) is 17.9 Å². The molecule has 0 radical (unpaired) electrons. The van der Waals surface area contributed by atoms with Gasteiger partial charge in [0.05, 0.1) is 6.42 Å². The number of rotatable bonds is 5. The number of carboxylic acid groups (broad SMARTS) is 1. The lowest BCUT2D eigenvalue weighted by atomic mass is 10.2. The molecule has 0 aliphatic carbocycles. The molecule has 0 spiro atoms. The number of benzene rings is 1. The van der Waals surface area contributed by atoms with Crippen molar-refractivity contribution in [3.63, 3.8) is 0 Å². The van der Waals surface area contributed by atoms with Gasteiger partial charge in [0.1, 0.15) is 5.60 Å². The molecule has 0 atom stereocenters. The molecule has 1 aromatic rings. The normalized spacial score (nSPS) is 10.7. The van der Waals surface area contributed by atoms with E-state index >= 15 is 0 Å². The van der Waals surface area contributed by atoms with E-state index < -0.39 is 23.7 Å². The molecule has 0 aliphatic heterocycles. The zero-order valence-electron chi connectivity index (χ0n) is 13.3. The molecule has 3 amide bonds. The Morgan fingerprint density at radius 3 is 2.48 bits per heavy atom. The largest absolute Gasteiger partial charge is 0.481 e. The van der Waals surface area contributed by atoms with Crippen molar-refractivity contribution in [1.82, 2.24) is 0 Å². The standard InChI is InChI=1S/C15H21N3O5/c1-15(2,3)23-14(22)17-10-5-4-6-11(9-10)18(13(16)21)8-7-12(19)20/h4-6,9H,7-8H2,1-3H3,(H2,16,21)(H,17,22)(H,19,20). The van der Waals surface area contributed by atoms with E-state index in [9.17, 15) is 14.4 Å². The number of carbonyl (C=O) groups is 3. The number of anilines is 2. The number of carboxylic acids is 1. The van der Waals surface area contributed by atoms with Crippen LogP contribution in [0.2, 0.25) is 0 Å². The highest BCUT2D eigenvalue weighted by molar-refractivity contribution is 5.93. The first kappa shape index (κ1) is 18.3. The zero-order chi connectivity index (χ0) is 17.6. The molecule has 0 saturated heterocycles. The molecule has 0 aromatic heterocycles. The smallest absolute Gasteiger partial charge is 0.412 e. The van der Waals surface area contributed by atoms with E-state index in [1.165, 1.54) is 6.07 Å². The van der Waals surface area contributed by atoms with Crippen molar-refractivity contribution < 1.29 is 24.2 Å². The SMILES string of the molecule is CC(C)(C)OC(=O)Nc1cccc(N(CCC(=O)O)C(N)=O)c1. The summed E-state index contributed by atoms with van der Waals surface area (Å²) in [5, 5.41) is 11.3. The molecule has 126 valence electrons. The van der Waals surface area contributed by atoms with Crippen LogP contribution in [0.3, 0.4) is 0 Å². The maximum absolute atomic E-state index is 11.7. The first-order valence-electron chi connectivity index (χ1n) is 6.97. The summed E-state index contributed by atoms with van der Waals surface area (Å²) in [6.07, 6.45) is -0.877. The van der Waals surface area contributed by atoms with Crippen molar-refractivity contribution >= 4 is 29.5 Å². The lowest BCUT2D eigenvalue weighted by Gasteiger charge is -2.22. The quantitative estimate of drug-likeness (QED) is 0.768. The van der Waals surface area contributed by atoms with Gasteiger partial charge in [-0.3, -0.25) is 15.0 Å². The van der Waals surface area contributed by atoms with E-state index in [1.807, 2.05) is 0 Å². The molecular formula is C15H21N3O5. The predicted molar refractivity (Wildman–Crippen MR) is 85.5 cm³/mol. The van der Waals surface area contributed by atoms with Gasteiger partial charge in [-0.1, -0.05) is 6.07 Å². The topological polar surface area (TPSA) is 122 Å². The summed E-state index contributed by atoms with van der Waals surface area (Å²) in [6.45, 7) is 5.15. The number of carbonyl (C=O) groups excluding carboxylic acids is 2. The van der Waals surface area contributed by atoms with E-state index in [2.05, 4.69) is 5.32 Å². The van der Waals surface area contributed by atoms with Crippen LogP contribution in [0.15, 0.2) is 24.3 Å². The number of hydrogen-bond donors (Lipinski definition) is 3. The lowest BCUT2D eigenvalue weighted by molar-refractivity contribution is -0.136. The van der Waals surface area contributed by atoms with E-state index in [0.717, 1.165) is 4.90 Å². The van der Waals surface area contributed by atoms with Gasteiger partial charge in [0.25, 0.3) is 0 Å². The van der Waals surface area contributed by atoms with Crippen LogP contribution in [-0.2, 0) is 9.53 Å². The highest BCUT2D eigenvalue weighted by Crippen LogP contribution is 2.20. The van der Waals surface area contributed by atoms with Crippen molar-refractivity contribution in [3.05, 3.63) is 24.3 Å². The minimum atomic E-state index is -1.04. The Labute approximate surface area is 134 Å². The summed E-state index contributed by atoms with van der Waals surface area (Å²) >= 11 is 0. The van der Waals surface area contributed by atoms with Crippen LogP contribution in [0.5, 0.6) is 0 Å². The van der Waals surface area contributed by atoms with E-state index in [4.69, 9.17) is 15.6 Å². The molecule has 23 heavy (non-hydrogen) atoms. The van der Waals surface area contributed by atoms with Crippen LogP contribution < -0.4 is 16.0 Å². The maximum atomic E-state index is 11.7. The molecule has 8 nitrogen and oxygen atoms in total. The number of amides is 3. The molecule has 0 saturated carbocycles. The number of primary amides is 1. The number of nitrogens with two attached hydrogens (primary N) is 1. The molecule has 0 aliphatic rings. The third-order valence-electron chi connectivity index (χ3n) is 2.62. The molecule has 4 N–H and O–H groups in total. The van der Waals surface area contributed by atoms with Crippen LogP contribution in [-0.4, -0.2) is 35.3 Å². The minimum absolute atomic E-state index is 0.0689. The van der Waals surface area contributed by atoms with Crippen LogP contribution in [0.4, 0.5) is 21.0 Å². The number of ether oxygens (including phenoxy) is 1. The molecule has 1 aromatic carbocycles. The maximum Gasteiger partial charge on any atom is 0.412 e. The Morgan fingerprint density at radius 2 is 1.96 bits per heavy atom. The average molecular weight is 323 g/mol. The van der Waals surface area contributed by atoms with Crippen LogP contribution in [0.1, 0.15) is 27.2 Å². The fraction of sp³-hybridized carbons (Fsp3) is 0.400. The first-order chi connectivity index (χ1) is 10.6. The fourth-order valence-electron chi connectivity index (χ4n) is 1.75. The first-order valence-corrected chi connectivity index (χ1v) is 6.97. The summed E-state index contributed by atoms with van der Waals surface area (Å²) in [7, 11) is 0. The third kappa shape index (κ3) is 6.68. The minimum Gasteiger partial charge on any atom is -0.481 e. The molecule has 0 bridgehead atoms. The van der Waals surface area contributed by atoms with Gasteiger partial charge in [-0.2, -0.15) is 0 Å². The summed E-state index contributed by atoms with van der Waals surface area (Å²) < 4.78 is 5.14. The van der Waals surface area contributed by atoms with E-state index in [-0.39, 0.29) is 13.0 Å². The molecular weight excluding hydrogens is 302 g/mol. The molecule has 0 fully saturated rings. The number of nitrogens with zero attached hydrogens (tertiary/aromatic N) is 1. The Morgan fingerprint density at radius 1 is 1.30 bits per heavy atom. The highest BCUT2D eigenvalue weighted by Gasteiger charge is 2.18. The van der Waals surface area contributed by atoms with Gasteiger partial charge in [-0.15, -0.1) is 0 Å². The Balaban J connectivity index is 2.87. The van der Waals surface area contributed by atoms with E-state index in [1.54, 1.807) is 39.0 Å². The van der Waals surface area contributed by atoms with Crippen LogP contribution in [0.25, 0.3) is 0 Å². The monoisotopic (exact) mass is 323 g/mol. The molecule has 0 heterocycles. The van der Waals surface area contributed by atoms with Crippen molar-refractivity contribution in [2.24, 2.45) is 5.73 Å². The second-order valence-electron chi connectivity index (χ2n) is 5.81. The molecule has 0 unspecified atom stereocenters. The summed E-state index contributed by atoms with van der Waals surface area (Å²) in [5.41, 5.74) is 5.42. The number of aliphatic carboxylic acids is 1. The van der Waals surface area contributed by atoms with Gasteiger partial charge in [-0.05, 0) is 39.0 Å². The number of nitrogens with one attached hydrogen (secondary N) is 1. The summed E-state index contributed by atoms with van der Waals surface area (Å²) in [4.78, 5) is 35.0. The van der Waals surface area contributed by atoms with Gasteiger partial charge >= 0.3 is 18.1 Å². The van der Waals surface area contributed by atoms with Gasteiger partial charge in [-0.25, -0.2) is 9.59 Å². The second-order valence-corrected chi connectivity index (χ2v) is 5.81. The average Bonchev–Trinajstić information content (AvgIpc) is 2.36. The molecule has 1 rings (SSSR count). The van der Waals surface area contributed by atoms with Crippen LogP contribution in [0, 0.1) is 0 Å². The summed E-state index contributed by atoms with van der Waals surface area (Å²) in [6, 6.07) is 5.55. The van der Waals surface area contributed by atoms with Crippen molar-refractivity contribution in [2.75, 3.05) is 16.8 Å². The Hall–Kier alpha value is -2.77.